The molecular formula is C17H19N3O. The van der Waals surface area contributed by atoms with Gasteiger partial charge in [0, 0.05) is 37.2 Å². The van der Waals surface area contributed by atoms with Crippen molar-refractivity contribution in [2.75, 3.05) is 13.1 Å². The molecule has 1 aliphatic heterocycles. The van der Waals surface area contributed by atoms with E-state index >= 15 is 0 Å². The van der Waals surface area contributed by atoms with Crippen molar-refractivity contribution < 1.29 is 4.79 Å². The van der Waals surface area contributed by atoms with E-state index in [2.05, 4.69) is 9.97 Å². The average Bonchev–Trinajstić information content (AvgIpc) is 2.84. The van der Waals surface area contributed by atoms with Crippen LogP contribution in [0.5, 0.6) is 0 Å². The Balaban J connectivity index is 1.76. The van der Waals surface area contributed by atoms with E-state index in [0.29, 0.717) is 5.56 Å². The van der Waals surface area contributed by atoms with Crippen molar-refractivity contribution in [2.24, 2.45) is 0 Å². The minimum absolute atomic E-state index is 0.0992. The molecular weight excluding hydrogens is 262 g/mol. The molecule has 0 spiro atoms. The zero-order valence-electron chi connectivity index (χ0n) is 12.0. The van der Waals surface area contributed by atoms with E-state index in [0.717, 1.165) is 37.2 Å². The maximum atomic E-state index is 12.5. The summed E-state index contributed by atoms with van der Waals surface area (Å²) >= 11 is 0. The van der Waals surface area contributed by atoms with Gasteiger partial charge in [0.2, 0.25) is 0 Å². The van der Waals surface area contributed by atoms with Gasteiger partial charge >= 0.3 is 0 Å². The highest BCUT2D eigenvalue weighted by atomic mass is 16.2. The number of likely N-dealkylation sites (tertiary alicyclic amines) is 1. The summed E-state index contributed by atoms with van der Waals surface area (Å²) in [6.07, 6.45) is 9.85. The van der Waals surface area contributed by atoms with Crippen LogP contribution in [0.4, 0.5) is 0 Å². The number of amides is 1. The lowest BCUT2D eigenvalue weighted by molar-refractivity contribution is 0.0761. The second-order valence-corrected chi connectivity index (χ2v) is 5.38. The van der Waals surface area contributed by atoms with Crippen LogP contribution >= 0.6 is 0 Å². The van der Waals surface area contributed by atoms with Crippen LogP contribution in [0.1, 0.15) is 36.0 Å². The monoisotopic (exact) mass is 281 g/mol. The average molecular weight is 281 g/mol. The summed E-state index contributed by atoms with van der Waals surface area (Å²) in [6, 6.07) is 7.60. The quantitative estimate of drug-likeness (QED) is 0.849. The van der Waals surface area contributed by atoms with Gasteiger partial charge in [-0.1, -0.05) is 12.8 Å². The number of carbonyl (C=O) groups is 1. The number of pyridine rings is 2. The Morgan fingerprint density at radius 3 is 2.43 bits per heavy atom. The van der Waals surface area contributed by atoms with Crippen LogP contribution in [-0.4, -0.2) is 33.9 Å². The summed E-state index contributed by atoms with van der Waals surface area (Å²) in [5.41, 5.74) is 2.48. The van der Waals surface area contributed by atoms with Crippen molar-refractivity contribution in [3.05, 3.63) is 48.4 Å². The van der Waals surface area contributed by atoms with Crippen molar-refractivity contribution in [1.29, 1.82) is 0 Å². The van der Waals surface area contributed by atoms with Crippen molar-refractivity contribution in [2.45, 2.75) is 25.7 Å². The fraction of sp³-hybridized carbons (Fsp3) is 0.353. The number of aromatic nitrogens is 2. The molecule has 0 unspecified atom stereocenters. The predicted octanol–water partition coefficient (Wildman–Crippen LogP) is 3.16. The molecule has 3 rings (SSSR count). The van der Waals surface area contributed by atoms with Crippen LogP contribution in [-0.2, 0) is 0 Å². The van der Waals surface area contributed by atoms with Gasteiger partial charge < -0.3 is 4.90 Å². The van der Waals surface area contributed by atoms with Crippen molar-refractivity contribution in [3.63, 3.8) is 0 Å². The molecule has 2 aromatic heterocycles. The van der Waals surface area contributed by atoms with Crippen LogP contribution in [0.3, 0.4) is 0 Å². The fourth-order valence-corrected chi connectivity index (χ4v) is 2.66. The van der Waals surface area contributed by atoms with E-state index < -0.39 is 0 Å². The molecule has 0 aromatic carbocycles. The Bertz CT molecular complexity index is 587. The molecule has 0 radical (unpaired) electrons. The molecule has 0 N–H and O–H groups in total. The lowest BCUT2D eigenvalue weighted by atomic mass is 10.1. The third kappa shape index (κ3) is 3.27. The Morgan fingerprint density at radius 1 is 1.00 bits per heavy atom. The first-order valence-corrected chi connectivity index (χ1v) is 7.50. The first-order chi connectivity index (χ1) is 10.3. The zero-order chi connectivity index (χ0) is 14.5. The van der Waals surface area contributed by atoms with E-state index in [1.165, 1.54) is 12.8 Å². The summed E-state index contributed by atoms with van der Waals surface area (Å²) < 4.78 is 0. The summed E-state index contributed by atoms with van der Waals surface area (Å²) in [5, 5.41) is 0. The number of rotatable bonds is 2. The first kappa shape index (κ1) is 13.7. The largest absolute Gasteiger partial charge is 0.339 e. The van der Waals surface area contributed by atoms with Crippen LogP contribution in [0.2, 0.25) is 0 Å². The number of nitrogens with zero attached hydrogens (tertiary/aromatic N) is 3. The molecule has 4 heteroatoms. The highest BCUT2D eigenvalue weighted by Crippen LogP contribution is 2.17. The van der Waals surface area contributed by atoms with Crippen LogP contribution in [0.15, 0.2) is 42.9 Å². The molecule has 0 atom stereocenters. The molecule has 21 heavy (non-hydrogen) atoms. The van der Waals surface area contributed by atoms with E-state index in [-0.39, 0.29) is 5.91 Å². The molecule has 108 valence electrons. The Morgan fingerprint density at radius 2 is 1.81 bits per heavy atom. The van der Waals surface area contributed by atoms with Crippen LogP contribution in [0, 0.1) is 0 Å². The lowest BCUT2D eigenvalue weighted by Gasteiger charge is -2.20. The van der Waals surface area contributed by atoms with E-state index in [1.807, 2.05) is 29.2 Å². The van der Waals surface area contributed by atoms with Gasteiger partial charge in [-0.15, -0.1) is 0 Å². The molecule has 4 nitrogen and oxygen atoms in total. The van der Waals surface area contributed by atoms with E-state index in [9.17, 15) is 4.79 Å². The maximum Gasteiger partial charge on any atom is 0.255 e. The molecule has 1 aliphatic rings. The third-order valence-electron chi connectivity index (χ3n) is 3.86. The standard InChI is InChI=1S/C17H19N3O/c21-17(20-10-3-1-2-4-11-20)15-7-8-16(19-13-15)14-6-5-9-18-12-14/h5-9,12-13H,1-4,10-11H2. The Kier molecular flexibility index (Phi) is 4.24. The molecule has 0 saturated carbocycles. The number of carbonyl (C=O) groups excluding carboxylic acids is 1. The van der Waals surface area contributed by atoms with Gasteiger partial charge in [-0.25, -0.2) is 0 Å². The van der Waals surface area contributed by atoms with Crippen LogP contribution in [0.25, 0.3) is 11.3 Å². The minimum Gasteiger partial charge on any atom is -0.339 e. The van der Waals surface area contributed by atoms with Gasteiger partial charge in [0.1, 0.15) is 0 Å². The van der Waals surface area contributed by atoms with Crippen molar-refractivity contribution in [3.8, 4) is 11.3 Å². The second-order valence-electron chi connectivity index (χ2n) is 5.38. The molecule has 3 heterocycles. The molecule has 2 aromatic rings. The van der Waals surface area contributed by atoms with Gasteiger partial charge in [0.05, 0.1) is 11.3 Å². The lowest BCUT2D eigenvalue weighted by Crippen LogP contribution is -2.31. The third-order valence-corrected chi connectivity index (χ3v) is 3.86. The summed E-state index contributed by atoms with van der Waals surface area (Å²) in [5.74, 6) is 0.0992. The topological polar surface area (TPSA) is 46.1 Å². The molecule has 1 amide bonds. The Labute approximate surface area is 124 Å². The summed E-state index contributed by atoms with van der Waals surface area (Å²) in [6.45, 7) is 1.73. The highest BCUT2D eigenvalue weighted by molar-refractivity contribution is 5.94. The Hall–Kier alpha value is -2.23. The highest BCUT2D eigenvalue weighted by Gasteiger charge is 2.17. The number of hydrogen-bond donors (Lipinski definition) is 0. The zero-order valence-corrected chi connectivity index (χ0v) is 12.0. The van der Waals surface area contributed by atoms with Gasteiger partial charge in [0.25, 0.3) is 5.91 Å². The predicted molar refractivity (Wildman–Crippen MR) is 81.8 cm³/mol. The number of hydrogen-bond acceptors (Lipinski definition) is 3. The second kappa shape index (κ2) is 6.48. The van der Waals surface area contributed by atoms with Crippen LogP contribution < -0.4 is 0 Å². The molecule has 0 aliphatic carbocycles. The molecule has 1 fully saturated rings. The van der Waals surface area contributed by atoms with Crippen molar-refractivity contribution in [1.82, 2.24) is 14.9 Å². The SMILES string of the molecule is O=C(c1ccc(-c2cccnc2)nc1)N1CCCCCC1. The molecule has 1 saturated heterocycles. The summed E-state index contributed by atoms with van der Waals surface area (Å²) in [4.78, 5) is 22.9. The van der Waals surface area contributed by atoms with E-state index in [1.54, 1.807) is 18.6 Å². The maximum absolute atomic E-state index is 12.5. The van der Waals surface area contributed by atoms with E-state index in [4.69, 9.17) is 0 Å². The van der Waals surface area contributed by atoms with Gasteiger partial charge in [0.15, 0.2) is 0 Å². The molecule has 0 bridgehead atoms. The van der Waals surface area contributed by atoms with Gasteiger partial charge in [-0.05, 0) is 37.1 Å². The summed E-state index contributed by atoms with van der Waals surface area (Å²) in [7, 11) is 0. The van der Waals surface area contributed by atoms with Crippen molar-refractivity contribution >= 4 is 5.91 Å². The minimum atomic E-state index is 0.0992. The first-order valence-electron chi connectivity index (χ1n) is 7.50. The van der Waals surface area contributed by atoms with Gasteiger partial charge in [-0.3, -0.25) is 14.8 Å². The fourth-order valence-electron chi connectivity index (χ4n) is 2.66. The normalized spacial score (nSPS) is 15.5. The smallest absolute Gasteiger partial charge is 0.255 e. The van der Waals surface area contributed by atoms with Gasteiger partial charge in [-0.2, -0.15) is 0 Å².